The highest BCUT2D eigenvalue weighted by Gasteiger charge is 2.17. The summed E-state index contributed by atoms with van der Waals surface area (Å²) in [6, 6.07) is 10.8. The molecule has 2 aromatic rings. The summed E-state index contributed by atoms with van der Waals surface area (Å²) in [5, 5.41) is 3.04. The first-order valence-electron chi connectivity index (χ1n) is 7.25. The van der Waals surface area contributed by atoms with Gasteiger partial charge >= 0.3 is 6.61 Å². The number of methoxy groups -OCH3 is 1. The lowest BCUT2D eigenvalue weighted by Gasteiger charge is -2.16. The molecule has 0 aliphatic rings. The molecule has 134 valence electrons. The minimum atomic E-state index is -3.01. The first-order valence-corrected chi connectivity index (χ1v) is 7.62. The summed E-state index contributed by atoms with van der Waals surface area (Å²) >= 11 is 5.86. The number of hydrogen-bond acceptors (Lipinski definition) is 4. The number of halogens is 3. The van der Waals surface area contributed by atoms with Gasteiger partial charge < -0.3 is 19.5 Å². The second kappa shape index (κ2) is 8.53. The van der Waals surface area contributed by atoms with Gasteiger partial charge in [0.1, 0.15) is 5.75 Å². The van der Waals surface area contributed by atoms with Crippen LogP contribution in [0.25, 0.3) is 0 Å². The van der Waals surface area contributed by atoms with Crippen LogP contribution < -0.4 is 19.5 Å². The van der Waals surface area contributed by atoms with Gasteiger partial charge in [-0.05, 0) is 37.3 Å². The summed E-state index contributed by atoms with van der Waals surface area (Å²) in [6.07, 6.45) is -0.833. The van der Waals surface area contributed by atoms with Crippen LogP contribution in [0.1, 0.15) is 6.92 Å². The van der Waals surface area contributed by atoms with Crippen molar-refractivity contribution in [1.82, 2.24) is 0 Å². The first-order chi connectivity index (χ1) is 11.9. The Bertz CT molecular complexity index is 742. The van der Waals surface area contributed by atoms with Gasteiger partial charge in [0.05, 0.1) is 7.11 Å². The lowest BCUT2D eigenvalue weighted by Crippen LogP contribution is -2.30. The monoisotopic (exact) mass is 371 g/mol. The highest BCUT2D eigenvalue weighted by Crippen LogP contribution is 2.31. The first kappa shape index (κ1) is 18.8. The molecule has 0 bridgehead atoms. The van der Waals surface area contributed by atoms with Crippen LogP contribution in [0.15, 0.2) is 42.5 Å². The van der Waals surface area contributed by atoms with Crippen LogP contribution in [0.2, 0.25) is 5.02 Å². The smallest absolute Gasteiger partial charge is 0.387 e. The van der Waals surface area contributed by atoms with E-state index < -0.39 is 18.6 Å². The molecule has 5 nitrogen and oxygen atoms in total. The Morgan fingerprint density at radius 2 is 1.88 bits per heavy atom. The number of carbonyl (C=O) groups excluding carboxylic acids is 1. The van der Waals surface area contributed by atoms with E-state index in [1.54, 1.807) is 31.2 Å². The van der Waals surface area contributed by atoms with E-state index in [4.69, 9.17) is 21.1 Å². The summed E-state index contributed by atoms with van der Waals surface area (Å²) in [6.45, 7) is -1.46. The lowest BCUT2D eigenvalue weighted by molar-refractivity contribution is -0.122. The van der Waals surface area contributed by atoms with Crippen molar-refractivity contribution in [2.75, 3.05) is 12.4 Å². The van der Waals surface area contributed by atoms with Crippen LogP contribution in [-0.4, -0.2) is 25.7 Å². The molecule has 2 aromatic carbocycles. The molecule has 8 heteroatoms. The summed E-state index contributed by atoms with van der Waals surface area (Å²) in [7, 11) is 1.33. The molecule has 1 atom stereocenters. The molecule has 1 N–H and O–H groups in total. The third kappa shape index (κ3) is 5.49. The standard InChI is InChI=1S/C17H16ClF2NO4/c1-10(24-13-5-3-4-11(18)8-13)16(22)21-12-6-7-14(23-2)15(9-12)25-17(19)20/h3-10,17H,1-2H3,(H,21,22)/t10-/m0/s1. The maximum absolute atomic E-state index is 12.4. The number of amides is 1. The van der Waals surface area contributed by atoms with Gasteiger partial charge in [0.25, 0.3) is 5.91 Å². The summed E-state index contributed by atoms with van der Waals surface area (Å²) in [4.78, 5) is 12.2. The molecule has 0 saturated heterocycles. The van der Waals surface area contributed by atoms with Gasteiger partial charge in [0, 0.05) is 16.8 Å². The number of anilines is 1. The van der Waals surface area contributed by atoms with E-state index in [0.29, 0.717) is 10.8 Å². The van der Waals surface area contributed by atoms with Gasteiger partial charge in [-0.15, -0.1) is 0 Å². The van der Waals surface area contributed by atoms with E-state index in [0.717, 1.165) is 0 Å². The molecule has 0 unspecified atom stereocenters. The van der Waals surface area contributed by atoms with Crippen LogP contribution in [0.3, 0.4) is 0 Å². The lowest BCUT2D eigenvalue weighted by atomic mass is 10.2. The van der Waals surface area contributed by atoms with Crippen LogP contribution in [0.4, 0.5) is 14.5 Å². The number of ether oxygens (including phenoxy) is 3. The van der Waals surface area contributed by atoms with Crippen LogP contribution >= 0.6 is 11.6 Å². The van der Waals surface area contributed by atoms with Gasteiger partial charge in [-0.3, -0.25) is 4.79 Å². The van der Waals surface area contributed by atoms with E-state index in [1.165, 1.54) is 25.3 Å². The molecular weight excluding hydrogens is 356 g/mol. The minimum absolute atomic E-state index is 0.126. The Hall–Kier alpha value is -2.54. The third-order valence-corrected chi connectivity index (χ3v) is 3.36. The van der Waals surface area contributed by atoms with Crippen molar-refractivity contribution in [3.63, 3.8) is 0 Å². The maximum atomic E-state index is 12.4. The predicted octanol–water partition coefficient (Wildman–Crippen LogP) is 4.36. The van der Waals surface area contributed by atoms with E-state index in [1.807, 2.05) is 0 Å². The quantitative estimate of drug-likeness (QED) is 0.785. The molecule has 25 heavy (non-hydrogen) atoms. The van der Waals surface area contributed by atoms with E-state index in [2.05, 4.69) is 10.1 Å². The highest BCUT2D eigenvalue weighted by atomic mass is 35.5. The Kier molecular flexibility index (Phi) is 6.41. The van der Waals surface area contributed by atoms with Crippen LogP contribution in [-0.2, 0) is 4.79 Å². The summed E-state index contributed by atoms with van der Waals surface area (Å²) < 4.78 is 39.7. The van der Waals surface area contributed by atoms with Crippen molar-refractivity contribution in [1.29, 1.82) is 0 Å². The van der Waals surface area contributed by atoms with Crippen molar-refractivity contribution in [3.8, 4) is 17.2 Å². The number of rotatable bonds is 7. The number of hydrogen-bond donors (Lipinski definition) is 1. The molecule has 0 aliphatic carbocycles. The van der Waals surface area contributed by atoms with Gasteiger partial charge in [0.15, 0.2) is 17.6 Å². The highest BCUT2D eigenvalue weighted by molar-refractivity contribution is 6.30. The Labute approximate surface area is 148 Å². The van der Waals surface area contributed by atoms with Crippen molar-refractivity contribution in [3.05, 3.63) is 47.5 Å². The largest absolute Gasteiger partial charge is 0.493 e. The molecule has 0 spiro atoms. The average molecular weight is 372 g/mol. The number of nitrogens with one attached hydrogen (secondary N) is 1. The molecular formula is C17H16ClF2NO4. The Balaban J connectivity index is 2.06. The molecule has 0 fully saturated rings. The SMILES string of the molecule is COc1ccc(NC(=O)[C@H](C)Oc2cccc(Cl)c2)cc1OC(F)F. The summed E-state index contributed by atoms with van der Waals surface area (Å²) in [5.41, 5.74) is 0.267. The Morgan fingerprint density at radius 3 is 2.52 bits per heavy atom. The maximum Gasteiger partial charge on any atom is 0.387 e. The van der Waals surface area contributed by atoms with Crippen molar-refractivity contribution >= 4 is 23.2 Å². The zero-order chi connectivity index (χ0) is 18.4. The number of carbonyl (C=O) groups is 1. The topological polar surface area (TPSA) is 56.8 Å². The van der Waals surface area contributed by atoms with Crippen molar-refractivity contribution < 1.29 is 27.8 Å². The molecule has 0 saturated carbocycles. The second-order valence-electron chi connectivity index (χ2n) is 4.95. The zero-order valence-electron chi connectivity index (χ0n) is 13.5. The van der Waals surface area contributed by atoms with Crippen LogP contribution in [0.5, 0.6) is 17.2 Å². The number of alkyl halides is 2. The zero-order valence-corrected chi connectivity index (χ0v) is 14.2. The average Bonchev–Trinajstić information content (AvgIpc) is 2.54. The van der Waals surface area contributed by atoms with E-state index >= 15 is 0 Å². The fourth-order valence-corrected chi connectivity index (χ4v) is 2.16. The molecule has 0 radical (unpaired) electrons. The van der Waals surface area contributed by atoms with Gasteiger partial charge in [0.2, 0.25) is 0 Å². The Morgan fingerprint density at radius 1 is 1.12 bits per heavy atom. The number of benzene rings is 2. The molecule has 0 aliphatic heterocycles. The molecule has 0 aromatic heterocycles. The van der Waals surface area contributed by atoms with E-state index in [-0.39, 0.29) is 17.2 Å². The van der Waals surface area contributed by atoms with Crippen molar-refractivity contribution in [2.24, 2.45) is 0 Å². The molecule has 0 heterocycles. The molecule has 1 amide bonds. The van der Waals surface area contributed by atoms with Crippen LogP contribution in [0, 0.1) is 0 Å². The summed E-state index contributed by atoms with van der Waals surface area (Å²) in [5.74, 6) is -0.0834. The fraction of sp³-hybridized carbons (Fsp3) is 0.235. The second-order valence-corrected chi connectivity index (χ2v) is 5.39. The van der Waals surface area contributed by atoms with Crippen molar-refractivity contribution in [2.45, 2.75) is 19.6 Å². The normalized spacial score (nSPS) is 11.8. The van der Waals surface area contributed by atoms with E-state index in [9.17, 15) is 13.6 Å². The minimum Gasteiger partial charge on any atom is -0.493 e. The third-order valence-electron chi connectivity index (χ3n) is 3.13. The van der Waals surface area contributed by atoms with Gasteiger partial charge in [-0.1, -0.05) is 17.7 Å². The fourth-order valence-electron chi connectivity index (χ4n) is 1.98. The predicted molar refractivity (Wildman–Crippen MR) is 89.8 cm³/mol. The van der Waals surface area contributed by atoms with Gasteiger partial charge in [-0.2, -0.15) is 8.78 Å². The van der Waals surface area contributed by atoms with Gasteiger partial charge in [-0.25, -0.2) is 0 Å². The molecule has 2 rings (SSSR count).